The molecule has 19 heavy (non-hydrogen) atoms. The minimum Gasteiger partial charge on any atom is -0.438 e. The lowest BCUT2D eigenvalue weighted by Gasteiger charge is -2.12. The molecule has 0 aliphatic rings. The van der Waals surface area contributed by atoms with E-state index in [-0.39, 0.29) is 0 Å². The summed E-state index contributed by atoms with van der Waals surface area (Å²) in [6, 6.07) is 6.01. The van der Waals surface area contributed by atoms with Gasteiger partial charge in [0.15, 0.2) is 0 Å². The zero-order valence-electron chi connectivity index (χ0n) is 11.1. The first-order valence-corrected chi connectivity index (χ1v) is 6.82. The van der Waals surface area contributed by atoms with Crippen LogP contribution >= 0.6 is 15.9 Å². The van der Waals surface area contributed by atoms with E-state index in [0.717, 1.165) is 5.75 Å². The quantitative estimate of drug-likeness (QED) is 0.926. The molecule has 0 bridgehead atoms. The van der Waals surface area contributed by atoms with E-state index in [1.54, 1.807) is 0 Å². The van der Waals surface area contributed by atoms with Crippen molar-refractivity contribution >= 4 is 21.7 Å². The van der Waals surface area contributed by atoms with Crippen molar-refractivity contribution in [3.63, 3.8) is 0 Å². The van der Waals surface area contributed by atoms with E-state index in [1.807, 2.05) is 12.1 Å². The van der Waals surface area contributed by atoms with Gasteiger partial charge >= 0.3 is 0 Å². The summed E-state index contributed by atoms with van der Waals surface area (Å²) < 4.78 is 6.30. The van der Waals surface area contributed by atoms with Crippen molar-refractivity contribution in [2.45, 2.75) is 26.7 Å². The molecule has 0 saturated carbocycles. The third-order valence-electron chi connectivity index (χ3n) is 2.86. The molecule has 100 valence electrons. The molecule has 0 amide bonds. The van der Waals surface area contributed by atoms with Gasteiger partial charge in [-0.2, -0.15) is 0 Å². The van der Waals surface area contributed by atoms with E-state index in [2.05, 4.69) is 52.7 Å². The second kappa shape index (κ2) is 5.57. The molecule has 0 saturated heterocycles. The van der Waals surface area contributed by atoms with Gasteiger partial charge in [-0.3, -0.25) is 0 Å². The third-order valence-corrected chi connectivity index (χ3v) is 3.61. The Balaban J connectivity index is 2.29. The summed E-state index contributed by atoms with van der Waals surface area (Å²) in [5.74, 6) is 2.01. The largest absolute Gasteiger partial charge is 0.438 e. The molecule has 1 aromatic carbocycles. The van der Waals surface area contributed by atoms with Crippen molar-refractivity contribution < 1.29 is 4.74 Å². The maximum absolute atomic E-state index is 5.73. The van der Waals surface area contributed by atoms with E-state index in [1.165, 1.54) is 17.5 Å². The Morgan fingerprint density at radius 3 is 2.63 bits per heavy atom. The van der Waals surface area contributed by atoms with Crippen LogP contribution in [0.3, 0.4) is 0 Å². The van der Waals surface area contributed by atoms with Gasteiger partial charge in [-0.15, -0.1) is 0 Å². The molecule has 0 unspecified atom stereocenters. The van der Waals surface area contributed by atoms with E-state index in [9.17, 15) is 0 Å². The van der Waals surface area contributed by atoms with Crippen molar-refractivity contribution in [2.24, 2.45) is 0 Å². The van der Waals surface area contributed by atoms with Crippen molar-refractivity contribution in [1.29, 1.82) is 0 Å². The Morgan fingerprint density at radius 2 is 2.00 bits per heavy atom. The fourth-order valence-corrected chi connectivity index (χ4v) is 2.19. The average molecular weight is 322 g/mol. The van der Waals surface area contributed by atoms with Crippen LogP contribution in [0, 0.1) is 6.92 Å². The van der Waals surface area contributed by atoms with Gasteiger partial charge in [-0.25, -0.2) is 9.97 Å². The number of nitrogens with zero attached hydrogens (tertiary/aromatic N) is 2. The maximum atomic E-state index is 5.73. The Hall–Kier alpha value is -1.62. The topological polar surface area (TPSA) is 61.0 Å². The monoisotopic (exact) mass is 321 g/mol. The molecule has 4 nitrogen and oxygen atoms in total. The van der Waals surface area contributed by atoms with Crippen LogP contribution in [0.4, 0.5) is 5.82 Å². The van der Waals surface area contributed by atoms with Gasteiger partial charge in [0.05, 0.1) is 0 Å². The van der Waals surface area contributed by atoms with Crippen LogP contribution in [-0.4, -0.2) is 9.97 Å². The number of aromatic nitrogens is 2. The molecule has 5 heteroatoms. The summed E-state index contributed by atoms with van der Waals surface area (Å²) in [6.45, 7) is 6.42. The molecule has 0 radical (unpaired) electrons. The van der Waals surface area contributed by atoms with Crippen molar-refractivity contribution in [3.05, 3.63) is 40.1 Å². The number of nitrogen functional groups attached to an aromatic ring is 1. The van der Waals surface area contributed by atoms with Gasteiger partial charge in [0, 0.05) is 0 Å². The van der Waals surface area contributed by atoms with Crippen LogP contribution in [0.25, 0.3) is 0 Å². The van der Waals surface area contributed by atoms with Crippen LogP contribution in [-0.2, 0) is 0 Å². The Labute approximate surface area is 121 Å². The molecule has 0 aliphatic carbocycles. The maximum Gasteiger partial charge on any atom is 0.238 e. The summed E-state index contributed by atoms with van der Waals surface area (Å²) in [4.78, 5) is 7.94. The predicted molar refractivity (Wildman–Crippen MR) is 79.5 cm³/mol. The second-order valence-corrected chi connectivity index (χ2v) is 5.45. The first kappa shape index (κ1) is 13.8. The summed E-state index contributed by atoms with van der Waals surface area (Å²) >= 11 is 3.32. The molecule has 1 aromatic heterocycles. The van der Waals surface area contributed by atoms with Crippen LogP contribution in [0.2, 0.25) is 0 Å². The lowest BCUT2D eigenvalue weighted by Crippen LogP contribution is -1.97. The number of nitrogens with two attached hydrogens (primary N) is 1. The minimum atomic E-state index is 0.362. The molecule has 2 N–H and O–H groups in total. The highest BCUT2D eigenvalue weighted by atomic mass is 79.9. The molecule has 2 aromatic rings. The molecule has 0 aliphatic heterocycles. The molecule has 2 rings (SSSR count). The number of anilines is 1. The molecular weight excluding hydrogens is 306 g/mol. The Kier molecular flexibility index (Phi) is 4.04. The lowest BCUT2D eigenvalue weighted by molar-refractivity contribution is 0.458. The van der Waals surface area contributed by atoms with Crippen molar-refractivity contribution in [2.75, 3.05) is 5.73 Å². The Morgan fingerprint density at radius 1 is 1.26 bits per heavy atom. The van der Waals surface area contributed by atoms with Gasteiger partial charge in [0.2, 0.25) is 5.88 Å². The highest BCUT2D eigenvalue weighted by molar-refractivity contribution is 9.10. The van der Waals surface area contributed by atoms with Gasteiger partial charge in [-0.1, -0.05) is 19.9 Å². The number of hydrogen-bond acceptors (Lipinski definition) is 4. The molecule has 0 spiro atoms. The second-order valence-electron chi connectivity index (χ2n) is 4.65. The van der Waals surface area contributed by atoms with E-state index in [0.29, 0.717) is 22.1 Å². The average Bonchev–Trinajstić information content (AvgIpc) is 2.34. The molecule has 0 fully saturated rings. The van der Waals surface area contributed by atoms with Gasteiger partial charge < -0.3 is 10.5 Å². The van der Waals surface area contributed by atoms with E-state index in [4.69, 9.17) is 10.5 Å². The summed E-state index contributed by atoms with van der Waals surface area (Å²) in [5.41, 5.74) is 8.20. The van der Waals surface area contributed by atoms with Gasteiger partial charge in [-0.05, 0) is 52.0 Å². The highest BCUT2D eigenvalue weighted by Gasteiger charge is 2.10. The SMILES string of the molecule is Cc1cc(Oc2ncnc(N)c2Br)ccc1C(C)C. The van der Waals surface area contributed by atoms with Crippen LogP contribution in [0.1, 0.15) is 30.9 Å². The lowest BCUT2D eigenvalue weighted by atomic mass is 9.98. The zero-order chi connectivity index (χ0) is 14.0. The normalized spacial score (nSPS) is 10.8. The van der Waals surface area contributed by atoms with Gasteiger partial charge in [0.25, 0.3) is 0 Å². The first-order valence-electron chi connectivity index (χ1n) is 6.03. The fraction of sp³-hybridized carbons (Fsp3) is 0.286. The molecular formula is C14H16BrN3O. The number of benzene rings is 1. The highest BCUT2D eigenvalue weighted by Crippen LogP contribution is 2.31. The standard InChI is InChI=1S/C14H16BrN3O/c1-8(2)11-5-4-10(6-9(11)3)19-14-12(15)13(16)17-7-18-14/h4-8H,1-3H3,(H2,16,17,18). The molecule has 0 atom stereocenters. The molecule has 1 heterocycles. The number of aryl methyl sites for hydroxylation is 1. The summed E-state index contributed by atoms with van der Waals surface area (Å²) in [5, 5.41) is 0. The van der Waals surface area contributed by atoms with Gasteiger partial charge in [0.1, 0.15) is 22.4 Å². The third kappa shape index (κ3) is 3.04. The zero-order valence-corrected chi connectivity index (χ0v) is 12.7. The number of hydrogen-bond donors (Lipinski definition) is 1. The Bertz CT molecular complexity index is 599. The number of ether oxygens (including phenoxy) is 1. The fourth-order valence-electron chi connectivity index (χ4n) is 1.91. The van der Waals surface area contributed by atoms with E-state index < -0.39 is 0 Å². The summed E-state index contributed by atoms with van der Waals surface area (Å²) in [7, 11) is 0. The summed E-state index contributed by atoms with van der Waals surface area (Å²) in [6.07, 6.45) is 1.38. The minimum absolute atomic E-state index is 0.362. The van der Waals surface area contributed by atoms with Crippen molar-refractivity contribution in [3.8, 4) is 11.6 Å². The van der Waals surface area contributed by atoms with Crippen LogP contribution in [0.15, 0.2) is 29.0 Å². The number of halogens is 1. The van der Waals surface area contributed by atoms with Crippen LogP contribution in [0.5, 0.6) is 11.6 Å². The van der Waals surface area contributed by atoms with Crippen molar-refractivity contribution in [1.82, 2.24) is 9.97 Å². The van der Waals surface area contributed by atoms with Crippen LogP contribution < -0.4 is 10.5 Å². The first-order chi connectivity index (χ1) is 8.99. The predicted octanol–water partition coefficient (Wildman–Crippen LogP) is 4.05. The number of rotatable bonds is 3. The van der Waals surface area contributed by atoms with E-state index >= 15 is 0 Å². The smallest absolute Gasteiger partial charge is 0.238 e.